The second-order valence-electron chi connectivity index (χ2n) is 3.84. The molecule has 0 saturated heterocycles. The Bertz CT molecular complexity index is 584. The van der Waals surface area contributed by atoms with Gasteiger partial charge in [-0.25, -0.2) is 0 Å². The van der Waals surface area contributed by atoms with E-state index in [1.165, 1.54) is 0 Å². The van der Waals surface area contributed by atoms with Crippen LogP contribution >= 0.6 is 0 Å². The molecule has 0 radical (unpaired) electrons. The summed E-state index contributed by atoms with van der Waals surface area (Å²) in [7, 11) is 3.42. The number of aryl methyl sites for hydroxylation is 2. The van der Waals surface area contributed by atoms with E-state index in [1.54, 1.807) is 18.7 Å². The van der Waals surface area contributed by atoms with Crippen LogP contribution in [-0.2, 0) is 13.5 Å². The van der Waals surface area contributed by atoms with Crippen LogP contribution in [0, 0.1) is 0 Å². The Balaban J connectivity index is 2.88. The van der Waals surface area contributed by atoms with E-state index < -0.39 is 0 Å². The monoisotopic (exact) mass is 217 g/mol. The summed E-state index contributed by atoms with van der Waals surface area (Å²) in [6.45, 7) is 2.08. The van der Waals surface area contributed by atoms with Gasteiger partial charge in [-0.05, 0) is 35.6 Å². The molecule has 3 nitrogen and oxygen atoms in total. The van der Waals surface area contributed by atoms with Crippen LogP contribution in [0.2, 0.25) is 0 Å². The average molecular weight is 217 g/mol. The van der Waals surface area contributed by atoms with Crippen LogP contribution in [0.1, 0.15) is 12.5 Å². The van der Waals surface area contributed by atoms with Crippen molar-refractivity contribution in [3.8, 4) is 5.75 Å². The van der Waals surface area contributed by atoms with Gasteiger partial charge in [-0.1, -0.05) is 6.92 Å². The minimum atomic E-state index is 0.0369. The molecule has 0 aliphatic carbocycles. The third-order valence-electron chi connectivity index (χ3n) is 2.85. The highest BCUT2D eigenvalue weighted by Crippen LogP contribution is 2.21. The highest BCUT2D eigenvalue weighted by atomic mass is 16.5. The molecule has 84 valence electrons. The van der Waals surface area contributed by atoms with Crippen molar-refractivity contribution >= 4 is 10.8 Å². The van der Waals surface area contributed by atoms with Crippen molar-refractivity contribution in [2.45, 2.75) is 13.3 Å². The third-order valence-corrected chi connectivity index (χ3v) is 2.85. The predicted octanol–water partition coefficient (Wildman–Crippen LogP) is 2.11. The van der Waals surface area contributed by atoms with E-state index in [-0.39, 0.29) is 5.56 Å². The fourth-order valence-electron chi connectivity index (χ4n) is 1.94. The van der Waals surface area contributed by atoms with E-state index in [1.807, 2.05) is 24.4 Å². The lowest BCUT2D eigenvalue weighted by atomic mass is 10.1. The summed E-state index contributed by atoms with van der Waals surface area (Å²) in [5.41, 5.74) is 1.20. The Labute approximate surface area is 94.3 Å². The molecule has 1 aromatic heterocycles. The molecule has 0 unspecified atom stereocenters. The van der Waals surface area contributed by atoms with Crippen LogP contribution in [0.25, 0.3) is 10.8 Å². The van der Waals surface area contributed by atoms with Crippen LogP contribution in [0.5, 0.6) is 5.75 Å². The first-order valence-corrected chi connectivity index (χ1v) is 5.33. The molecule has 0 atom stereocenters. The smallest absolute Gasteiger partial charge is 0.258 e. The molecule has 16 heavy (non-hydrogen) atoms. The molecule has 0 spiro atoms. The molecule has 0 bridgehead atoms. The van der Waals surface area contributed by atoms with E-state index in [0.29, 0.717) is 0 Å². The number of ether oxygens (including phenoxy) is 1. The maximum absolute atomic E-state index is 11.9. The van der Waals surface area contributed by atoms with Gasteiger partial charge in [-0.2, -0.15) is 0 Å². The normalized spacial score (nSPS) is 10.7. The summed E-state index contributed by atoms with van der Waals surface area (Å²) in [4.78, 5) is 11.9. The van der Waals surface area contributed by atoms with Crippen LogP contribution in [0.15, 0.2) is 29.2 Å². The van der Waals surface area contributed by atoms with Crippen LogP contribution in [0.4, 0.5) is 0 Å². The van der Waals surface area contributed by atoms with Gasteiger partial charge in [0.15, 0.2) is 0 Å². The van der Waals surface area contributed by atoms with Gasteiger partial charge in [0.2, 0.25) is 0 Å². The van der Waals surface area contributed by atoms with Crippen molar-refractivity contribution in [3.05, 3.63) is 40.3 Å². The minimum absolute atomic E-state index is 0.0369. The van der Waals surface area contributed by atoms with Crippen LogP contribution in [-0.4, -0.2) is 11.7 Å². The SMILES string of the molecule is CCc1cn(C)c(=O)c2ccc(OC)cc12. The molecule has 0 fully saturated rings. The first-order chi connectivity index (χ1) is 7.67. The topological polar surface area (TPSA) is 31.2 Å². The van der Waals surface area contributed by atoms with Crippen LogP contribution < -0.4 is 10.3 Å². The molecule has 2 aromatic rings. The number of hydrogen-bond acceptors (Lipinski definition) is 2. The second kappa shape index (κ2) is 4.00. The highest BCUT2D eigenvalue weighted by Gasteiger charge is 2.06. The maximum Gasteiger partial charge on any atom is 0.258 e. The lowest BCUT2D eigenvalue weighted by Crippen LogP contribution is -2.17. The molecule has 0 saturated carbocycles. The number of pyridine rings is 1. The highest BCUT2D eigenvalue weighted by molar-refractivity contribution is 5.86. The molecular weight excluding hydrogens is 202 g/mol. The number of benzene rings is 1. The van der Waals surface area contributed by atoms with E-state index in [9.17, 15) is 4.79 Å². The first kappa shape index (κ1) is 10.7. The molecule has 3 heteroatoms. The summed E-state index contributed by atoms with van der Waals surface area (Å²) in [5.74, 6) is 0.787. The predicted molar refractivity (Wildman–Crippen MR) is 65.1 cm³/mol. The largest absolute Gasteiger partial charge is 0.497 e. The Morgan fingerprint density at radius 2 is 2.06 bits per heavy atom. The number of hydrogen-bond donors (Lipinski definition) is 0. The van der Waals surface area contributed by atoms with E-state index in [4.69, 9.17) is 4.74 Å². The molecule has 0 amide bonds. The molecule has 1 heterocycles. The van der Waals surface area contributed by atoms with Crippen molar-refractivity contribution in [2.75, 3.05) is 7.11 Å². The van der Waals surface area contributed by atoms with Gasteiger partial charge in [-0.3, -0.25) is 4.79 Å². The molecule has 1 aromatic carbocycles. The zero-order valence-corrected chi connectivity index (χ0v) is 9.78. The Hall–Kier alpha value is -1.77. The van der Waals surface area contributed by atoms with Gasteiger partial charge < -0.3 is 9.30 Å². The van der Waals surface area contributed by atoms with Crippen molar-refractivity contribution in [3.63, 3.8) is 0 Å². The summed E-state index contributed by atoms with van der Waals surface area (Å²) in [6.07, 6.45) is 2.79. The van der Waals surface area contributed by atoms with E-state index >= 15 is 0 Å². The quantitative estimate of drug-likeness (QED) is 0.771. The number of aromatic nitrogens is 1. The maximum atomic E-state index is 11.9. The van der Waals surface area contributed by atoms with E-state index in [2.05, 4.69) is 6.92 Å². The summed E-state index contributed by atoms with van der Waals surface area (Å²) < 4.78 is 6.82. The number of rotatable bonds is 2. The van der Waals surface area contributed by atoms with Crippen molar-refractivity contribution < 1.29 is 4.74 Å². The summed E-state index contributed by atoms with van der Waals surface area (Å²) >= 11 is 0. The van der Waals surface area contributed by atoms with Crippen LogP contribution in [0.3, 0.4) is 0 Å². The van der Waals surface area contributed by atoms with Gasteiger partial charge in [0.25, 0.3) is 5.56 Å². The van der Waals surface area contributed by atoms with Gasteiger partial charge in [0.05, 0.1) is 7.11 Å². The average Bonchev–Trinajstić information content (AvgIpc) is 2.33. The Morgan fingerprint density at radius 1 is 1.31 bits per heavy atom. The molecule has 0 N–H and O–H groups in total. The fourth-order valence-corrected chi connectivity index (χ4v) is 1.94. The Morgan fingerprint density at radius 3 is 2.69 bits per heavy atom. The first-order valence-electron chi connectivity index (χ1n) is 5.33. The van der Waals surface area contributed by atoms with E-state index in [0.717, 1.165) is 28.5 Å². The summed E-state index contributed by atoms with van der Waals surface area (Å²) in [5, 5.41) is 1.74. The number of nitrogens with zero attached hydrogens (tertiary/aromatic N) is 1. The zero-order valence-electron chi connectivity index (χ0n) is 9.78. The Kier molecular flexibility index (Phi) is 2.69. The molecular formula is C13H15NO2. The van der Waals surface area contributed by atoms with Crippen molar-refractivity contribution in [2.24, 2.45) is 7.05 Å². The van der Waals surface area contributed by atoms with Crippen molar-refractivity contribution in [1.29, 1.82) is 0 Å². The summed E-state index contributed by atoms with van der Waals surface area (Å²) in [6, 6.07) is 5.58. The van der Waals surface area contributed by atoms with Gasteiger partial charge in [0.1, 0.15) is 5.75 Å². The van der Waals surface area contributed by atoms with Crippen molar-refractivity contribution in [1.82, 2.24) is 4.57 Å². The van der Waals surface area contributed by atoms with Gasteiger partial charge in [-0.15, -0.1) is 0 Å². The molecule has 0 aliphatic rings. The fraction of sp³-hybridized carbons (Fsp3) is 0.308. The lowest BCUT2D eigenvalue weighted by Gasteiger charge is -2.08. The second-order valence-corrected chi connectivity index (χ2v) is 3.84. The minimum Gasteiger partial charge on any atom is -0.497 e. The number of methoxy groups -OCH3 is 1. The number of fused-ring (bicyclic) bond motifs is 1. The van der Waals surface area contributed by atoms with Gasteiger partial charge >= 0.3 is 0 Å². The molecule has 0 aliphatic heterocycles. The zero-order chi connectivity index (χ0) is 11.7. The lowest BCUT2D eigenvalue weighted by molar-refractivity contribution is 0.415. The standard InChI is InChI=1S/C13H15NO2/c1-4-9-8-14(2)13(15)11-6-5-10(16-3)7-12(9)11/h5-8H,4H2,1-3H3. The van der Waals surface area contributed by atoms with Gasteiger partial charge in [0, 0.05) is 18.6 Å². The third kappa shape index (κ3) is 1.58. The molecule has 2 rings (SSSR count).